The summed E-state index contributed by atoms with van der Waals surface area (Å²) in [6, 6.07) is 8.12. The van der Waals surface area contributed by atoms with Crippen molar-refractivity contribution in [3.8, 4) is 0 Å². The Hall–Kier alpha value is -3.16. The number of hydrogen-bond donors (Lipinski definition) is 0. The minimum atomic E-state index is -0.356. The van der Waals surface area contributed by atoms with Gasteiger partial charge in [0.15, 0.2) is 11.2 Å². The first-order valence-corrected chi connectivity index (χ1v) is 9.43. The van der Waals surface area contributed by atoms with Gasteiger partial charge in [0.05, 0.1) is 18.3 Å². The van der Waals surface area contributed by atoms with Gasteiger partial charge in [0, 0.05) is 13.6 Å². The quantitative estimate of drug-likeness (QED) is 0.698. The summed E-state index contributed by atoms with van der Waals surface area (Å²) in [5.41, 5.74) is 3.33. The number of hydrogen-bond acceptors (Lipinski definition) is 5. The SMILES string of the molecule is CCn1c(=O)c2c(nc3n2C(C)C(C)=NN3Cc2ccc(C)cc2)n(C)c1=O. The van der Waals surface area contributed by atoms with E-state index in [0.717, 1.165) is 11.3 Å². The average molecular weight is 380 g/mol. The Morgan fingerprint density at radius 3 is 2.43 bits per heavy atom. The average Bonchev–Trinajstić information content (AvgIpc) is 3.08. The maximum atomic E-state index is 13.1. The molecule has 0 saturated heterocycles. The largest absolute Gasteiger partial charge is 0.332 e. The molecular weight excluding hydrogens is 356 g/mol. The lowest BCUT2D eigenvalue weighted by molar-refractivity contribution is 0.618. The van der Waals surface area contributed by atoms with Crippen molar-refractivity contribution in [1.29, 1.82) is 0 Å². The zero-order valence-corrected chi connectivity index (χ0v) is 16.8. The van der Waals surface area contributed by atoms with Crippen LogP contribution in [0.3, 0.4) is 0 Å². The minimum absolute atomic E-state index is 0.121. The fourth-order valence-corrected chi connectivity index (χ4v) is 3.63. The summed E-state index contributed by atoms with van der Waals surface area (Å²) in [5.74, 6) is 0.578. The first kappa shape index (κ1) is 18.2. The molecule has 0 amide bonds. The molecule has 0 fully saturated rings. The highest BCUT2D eigenvalue weighted by Gasteiger charge is 2.30. The van der Waals surface area contributed by atoms with E-state index in [2.05, 4.69) is 29.2 Å². The molecule has 0 saturated carbocycles. The smallest absolute Gasteiger partial charge is 0.294 e. The number of aryl methyl sites for hydroxylation is 2. The number of imidazole rings is 1. The van der Waals surface area contributed by atoms with Crippen molar-refractivity contribution in [2.45, 2.75) is 46.8 Å². The highest BCUT2D eigenvalue weighted by Crippen LogP contribution is 2.30. The molecule has 0 spiro atoms. The van der Waals surface area contributed by atoms with Gasteiger partial charge >= 0.3 is 5.69 Å². The van der Waals surface area contributed by atoms with Crippen molar-refractivity contribution in [1.82, 2.24) is 18.7 Å². The Morgan fingerprint density at radius 2 is 1.79 bits per heavy atom. The van der Waals surface area contributed by atoms with Gasteiger partial charge in [-0.2, -0.15) is 10.1 Å². The van der Waals surface area contributed by atoms with E-state index in [4.69, 9.17) is 5.10 Å². The molecule has 3 heterocycles. The Morgan fingerprint density at radius 1 is 1.11 bits per heavy atom. The molecule has 0 aliphatic carbocycles. The molecule has 146 valence electrons. The zero-order valence-electron chi connectivity index (χ0n) is 16.8. The summed E-state index contributed by atoms with van der Waals surface area (Å²) < 4.78 is 4.59. The van der Waals surface area contributed by atoms with Crippen LogP contribution in [0.4, 0.5) is 5.95 Å². The fraction of sp³-hybridized carbons (Fsp3) is 0.400. The Kier molecular flexibility index (Phi) is 4.21. The molecule has 8 nitrogen and oxygen atoms in total. The number of fused-ring (bicyclic) bond motifs is 3. The monoisotopic (exact) mass is 380 g/mol. The van der Waals surface area contributed by atoms with Gasteiger partial charge in [0.2, 0.25) is 5.95 Å². The topological polar surface area (TPSA) is 77.4 Å². The molecule has 4 rings (SSSR count). The van der Waals surface area contributed by atoms with Crippen molar-refractivity contribution in [2.75, 3.05) is 5.01 Å². The van der Waals surface area contributed by atoms with Crippen molar-refractivity contribution >= 4 is 22.8 Å². The highest BCUT2D eigenvalue weighted by molar-refractivity contribution is 5.91. The van der Waals surface area contributed by atoms with Crippen LogP contribution < -0.4 is 16.3 Å². The van der Waals surface area contributed by atoms with E-state index in [1.54, 1.807) is 19.0 Å². The zero-order chi connectivity index (χ0) is 20.2. The van der Waals surface area contributed by atoms with Gasteiger partial charge in [-0.25, -0.2) is 9.80 Å². The molecule has 28 heavy (non-hydrogen) atoms. The van der Waals surface area contributed by atoms with Crippen LogP contribution in [0, 0.1) is 6.92 Å². The second-order valence-electron chi connectivity index (χ2n) is 7.31. The normalized spacial score (nSPS) is 16.4. The number of aromatic nitrogens is 4. The van der Waals surface area contributed by atoms with Crippen molar-refractivity contribution in [3.63, 3.8) is 0 Å². The number of rotatable bonds is 3. The molecule has 1 aromatic carbocycles. The van der Waals surface area contributed by atoms with Crippen LogP contribution >= 0.6 is 0 Å². The van der Waals surface area contributed by atoms with Crippen molar-refractivity contribution in [3.05, 3.63) is 56.2 Å². The third kappa shape index (κ3) is 2.59. The van der Waals surface area contributed by atoms with E-state index < -0.39 is 0 Å². The second kappa shape index (κ2) is 6.47. The molecule has 0 bridgehead atoms. The molecule has 0 radical (unpaired) electrons. The van der Waals surface area contributed by atoms with Gasteiger partial charge in [0.25, 0.3) is 5.56 Å². The lowest BCUT2D eigenvalue weighted by Gasteiger charge is -2.29. The van der Waals surface area contributed by atoms with Crippen LogP contribution in [0.15, 0.2) is 39.0 Å². The number of nitrogens with zero attached hydrogens (tertiary/aromatic N) is 6. The van der Waals surface area contributed by atoms with Gasteiger partial charge < -0.3 is 0 Å². The number of hydrazone groups is 1. The van der Waals surface area contributed by atoms with Crippen LogP contribution in [0.5, 0.6) is 0 Å². The van der Waals surface area contributed by atoms with Gasteiger partial charge in [0.1, 0.15) is 0 Å². The van der Waals surface area contributed by atoms with Crippen LogP contribution in [0.2, 0.25) is 0 Å². The maximum Gasteiger partial charge on any atom is 0.332 e. The van der Waals surface area contributed by atoms with Gasteiger partial charge in [-0.3, -0.25) is 18.5 Å². The fourth-order valence-electron chi connectivity index (χ4n) is 3.63. The molecule has 8 heteroatoms. The molecule has 1 aliphatic heterocycles. The first-order chi connectivity index (χ1) is 13.3. The third-order valence-corrected chi connectivity index (χ3v) is 5.43. The van der Waals surface area contributed by atoms with Gasteiger partial charge in [-0.1, -0.05) is 29.8 Å². The van der Waals surface area contributed by atoms with Gasteiger partial charge in [-0.15, -0.1) is 0 Å². The summed E-state index contributed by atoms with van der Waals surface area (Å²) in [7, 11) is 1.65. The van der Waals surface area contributed by atoms with E-state index in [9.17, 15) is 9.59 Å². The molecule has 1 unspecified atom stereocenters. The van der Waals surface area contributed by atoms with E-state index in [-0.39, 0.29) is 17.3 Å². The third-order valence-electron chi connectivity index (χ3n) is 5.43. The molecule has 3 aromatic rings. The second-order valence-corrected chi connectivity index (χ2v) is 7.31. The summed E-state index contributed by atoms with van der Waals surface area (Å²) in [5, 5.41) is 6.52. The molecule has 0 N–H and O–H groups in total. The Labute approximate surface area is 162 Å². The van der Waals surface area contributed by atoms with Crippen LogP contribution in [0.1, 0.15) is 37.9 Å². The summed E-state index contributed by atoms with van der Waals surface area (Å²) in [4.78, 5) is 30.2. The number of anilines is 1. The standard InChI is InChI=1S/C20H24N6O2/c1-6-24-18(27)16-17(23(5)20(24)28)21-19-25(22-13(3)14(4)26(16)19)11-15-9-7-12(2)8-10-15/h7-10,14H,6,11H2,1-5H3. The van der Waals surface area contributed by atoms with Gasteiger partial charge in [-0.05, 0) is 33.3 Å². The summed E-state index contributed by atoms with van der Waals surface area (Å²) in [6.45, 7) is 8.63. The summed E-state index contributed by atoms with van der Waals surface area (Å²) >= 11 is 0. The Bertz CT molecular complexity index is 1210. The predicted octanol–water partition coefficient (Wildman–Crippen LogP) is 2.18. The van der Waals surface area contributed by atoms with E-state index in [1.807, 2.05) is 25.3 Å². The van der Waals surface area contributed by atoms with E-state index >= 15 is 0 Å². The predicted molar refractivity (Wildman–Crippen MR) is 110 cm³/mol. The summed E-state index contributed by atoms with van der Waals surface area (Å²) in [6.07, 6.45) is 0. The lowest BCUT2D eigenvalue weighted by atomic mass is 10.1. The van der Waals surface area contributed by atoms with Crippen LogP contribution in [-0.4, -0.2) is 24.4 Å². The van der Waals surface area contributed by atoms with E-state index in [0.29, 0.717) is 30.2 Å². The first-order valence-electron chi connectivity index (χ1n) is 9.43. The lowest BCUT2D eigenvalue weighted by Crippen LogP contribution is -2.40. The van der Waals surface area contributed by atoms with Crippen LogP contribution in [-0.2, 0) is 20.1 Å². The van der Waals surface area contributed by atoms with Crippen LogP contribution in [0.25, 0.3) is 11.2 Å². The van der Waals surface area contributed by atoms with Crippen molar-refractivity contribution in [2.24, 2.45) is 12.1 Å². The highest BCUT2D eigenvalue weighted by atomic mass is 16.2. The molecule has 1 aliphatic rings. The van der Waals surface area contributed by atoms with E-state index in [1.165, 1.54) is 14.7 Å². The minimum Gasteiger partial charge on any atom is -0.294 e. The number of benzene rings is 1. The molecule has 2 aromatic heterocycles. The Balaban J connectivity index is 1.95. The molecular formula is C20H24N6O2. The molecule has 1 atom stereocenters. The van der Waals surface area contributed by atoms with Crippen molar-refractivity contribution < 1.29 is 0 Å². The maximum absolute atomic E-state index is 13.1.